The molecule has 9 heteroatoms. The number of thioether (sulfide) groups is 2. The van der Waals surface area contributed by atoms with Crippen LogP contribution in [0.4, 0.5) is 4.79 Å². The Morgan fingerprint density at radius 3 is 2.73 bits per heavy atom. The number of nitrogens with zero attached hydrogens (tertiary/aromatic N) is 1. The van der Waals surface area contributed by atoms with Crippen molar-refractivity contribution in [3.63, 3.8) is 0 Å². The van der Waals surface area contributed by atoms with Gasteiger partial charge in [0.25, 0.3) is 0 Å². The summed E-state index contributed by atoms with van der Waals surface area (Å²) in [5.74, 6) is 0.0426. The summed E-state index contributed by atoms with van der Waals surface area (Å²) in [4.78, 5) is 38.1. The molecule has 146 valence electrons. The van der Waals surface area contributed by atoms with Gasteiger partial charge in [0, 0.05) is 18.3 Å². The topological polar surface area (TPSA) is 87.7 Å². The van der Waals surface area contributed by atoms with Crippen LogP contribution in [0.25, 0.3) is 0 Å². The summed E-state index contributed by atoms with van der Waals surface area (Å²) in [5, 5.41) is 6.44. The second-order valence-electron chi connectivity index (χ2n) is 6.90. The Kier molecular flexibility index (Phi) is 6.74. The Bertz CT molecular complexity index is 548. The number of fused-ring (bicyclic) bond motifs is 1. The van der Waals surface area contributed by atoms with Crippen molar-refractivity contribution in [3.8, 4) is 0 Å². The third kappa shape index (κ3) is 4.31. The minimum Gasteiger partial charge on any atom is -0.449 e. The Hall–Kier alpha value is -0.930. The second kappa shape index (κ2) is 8.84. The first-order chi connectivity index (χ1) is 12.5. The van der Waals surface area contributed by atoms with Gasteiger partial charge in [-0.2, -0.15) is 0 Å². The SMILES string of the molecule is CCOC(=O)N(C)C(=O)C1CCSC1NC(=O)C1NC2CCCCC2S1. The van der Waals surface area contributed by atoms with E-state index in [0.717, 1.165) is 23.5 Å². The molecular weight excluding hydrogens is 374 g/mol. The molecule has 3 aliphatic rings. The molecule has 1 aliphatic carbocycles. The monoisotopic (exact) mass is 401 g/mol. The van der Waals surface area contributed by atoms with Gasteiger partial charge in [0.15, 0.2) is 0 Å². The van der Waals surface area contributed by atoms with E-state index in [9.17, 15) is 14.4 Å². The van der Waals surface area contributed by atoms with Crippen LogP contribution in [-0.4, -0.2) is 64.3 Å². The standard InChI is InChI=1S/C17H27N3O4S2/c1-3-24-17(23)20(2)16(22)10-8-9-25-14(10)19-13(21)15-18-11-6-4-5-7-12(11)26-15/h10-12,14-15,18H,3-9H2,1-2H3,(H,19,21). The first-order valence-corrected chi connectivity index (χ1v) is 11.3. The van der Waals surface area contributed by atoms with Gasteiger partial charge in [-0.25, -0.2) is 4.79 Å². The fourth-order valence-electron chi connectivity index (χ4n) is 3.76. The number of amides is 3. The summed E-state index contributed by atoms with van der Waals surface area (Å²) in [6, 6.07) is 0.424. The van der Waals surface area contributed by atoms with Crippen molar-refractivity contribution < 1.29 is 19.1 Å². The van der Waals surface area contributed by atoms with Gasteiger partial charge in [0.1, 0.15) is 5.37 Å². The van der Waals surface area contributed by atoms with E-state index in [0.29, 0.717) is 17.7 Å². The lowest BCUT2D eigenvalue weighted by Crippen LogP contribution is -2.49. The van der Waals surface area contributed by atoms with Gasteiger partial charge in [-0.15, -0.1) is 23.5 Å². The van der Waals surface area contributed by atoms with Crippen LogP contribution in [0.2, 0.25) is 0 Å². The van der Waals surface area contributed by atoms with Gasteiger partial charge in [-0.3, -0.25) is 19.8 Å². The summed E-state index contributed by atoms with van der Waals surface area (Å²) in [6.45, 7) is 1.93. The molecule has 2 heterocycles. The van der Waals surface area contributed by atoms with E-state index in [-0.39, 0.29) is 29.2 Å². The number of nitrogens with one attached hydrogen (secondary N) is 2. The van der Waals surface area contributed by atoms with E-state index in [1.807, 2.05) is 0 Å². The zero-order chi connectivity index (χ0) is 18.7. The van der Waals surface area contributed by atoms with Crippen LogP contribution in [0, 0.1) is 5.92 Å². The van der Waals surface area contributed by atoms with Gasteiger partial charge in [-0.1, -0.05) is 12.8 Å². The number of carbonyl (C=O) groups is 3. The molecule has 3 amide bonds. The average molecular weight is 402 g/mol. The van der Waals surface area contributed by atoms with Crippen LogP contribution >= 0.6 is 23.5 Å². The van der Waals surface area contributed by atoms with E-state index in [2.05, 4.69) is 10.6 Å². The number of hydrogen-bond acceptors (Lipinski definition) is 7. The molecule has 0 aromatic rings. The quantitative estimate of drug-likeness (QED) is 0.742. The molecule has 5 atom stereocenters. The molecule has 0 spiro atoms. The van der Waals surface area contributed by atoms with Crippen molar-refractivity contribution >= 4 is 41.4 Å². The molecule has 7 nitrogen and oxygen atoms in total. The zero-order valence-electron chi connectivity index (χ0n) is 15.2. The number of imide groups is 1. The molecule has 0 aromatic heterocycles. The summed E-state index contributed by atoms with van der Waals surface area (Å²) in [7, 11) is 1.43. The van der Waals surface area contributed by atoms with Crippen LogP contribution in [0.3, 0.4) is 0 Å². The molecular formula is C17H27N3O4S2. The second-order valence-corrected chi connectivity index (χ2v) is 9.50. The molecule has 2 N–H and O–H groups in total. The van der Waals surface area contributed by atoms with Gasteiger partial charge >= 0.3 is 6.09 Å². The van der Waals surface area contributed by atoms with Crippen molar-refractivity contribution in [3.05, 3.63) is 0 Å². The minimum atomic E-state index is -0.642. The summed E-state index contributed by atoms with van der Waals surface area (Å²) >= 11 is 3.28. The summed E-state index contributed by atoms with van der Waals surface area (Å²) in [6.07, 6.45) is 4.75. The van der Waals surface area contributed by atoms with Crippen LogP contribution in [0.5, 0.6) is 0 Å². The van der Waals surface area contributed by atoms with Crippen LogP contribution in [-0.2, 0) is 14.3 Å². The molecule has 5 unspecified atom stereocenters. The van der Waals surface area contributed by atoms with Crippen LogP contribution in [0.1, 0.15) is 39.0 Å². The van der Waals surface area contributed by atoms with Crippen molar-refractivity contribution in [1.29, 1.82) is 0 Å². The first kappa shape index (κ1) is 19.8. The van der Waals surface area contributed by atoms with Gasteiger partial charge in [-0.05, 0) is 31.9 Å². The number of hydrogen-bond donors (Lipinski definition) is 2. The van der Waals surface area contributed by atoms with Crippen molar-refractivity contribution in [2.45, 2.75) is 61.1 Å². The minimum absolute atomic E-state index is 0.0552. The Morgan fingerprint density at radius 1 is 1.23 bits per heavy atom. The molecule has 0 aromatic carbocycles. The fourth-order valence-corrected chi connectivity index (χ4v) is 6.59. The van der Waals surface area contributed by atoms with E-state index >= 15 is 0 Å². The molecule has 2 aliphatic heterocycles. The highest BCUT2D eigenvalue weighted by molar-refractivity contribution is 8.01. The zero-order valence-corrected chi connectivity index (χ0v) is 16.9. The highest BCUT2D eigenvalue weighted by atomic mass is 32.2. The van der Waals surface area contributed by atoms with Gasteiger partial charge in [0.2, 0.25) is 11.8 Å². The highest BCUT2D eigenvalue weighted by Gasteiger charge is 2.42. The maximum absolute atomic E-state index is 12.7. The predicted octanol–water partition coefficient (Wildman–Crippen LogP) is 1.77. The van der Waals surface area contributed by atoms with Crippen LogP contribution in [0.15, 0.2) is 0 Å². The maximum Gasteiger partial charge on any atom is 0.416 e. The van der Waals surface area contributed by atoms with Crippen LogP contribution < -0.4 is 10.6 Å². The third-order valence-corrected chi connectivity index (χ3v) is 8.00. The van der Waals surface area contributed by atoms with Gasteiger partial charge < -0.3 is 10.1 Å². The molecule has 3 fully saturated rings. The predicted molar refractivity (Wildman–Crippen MR) is 103 cm³/mol. The Labute approximate surface area is 162 Å². The molecule has 1 saturated carbocycles. The van der Waals surface area contributed by atoms with Crippen molar-refractivity contribution in [2.75, 3.05) is 19.4 Å². The third-order valence-electron chi connectivity index (χ3n) is 5.18. The summed E-state index contributed by atoms with van der Waals surface area (Å²) in [5.41, 5.74) is 0. The van der Waals surface area contributed by atoms with E-state index in [1.54, 1.807) is 30.4 Å². The van der Waals surface area contributed by atoms with Gasteiger partial charge in [0.05, 0.1) is 17.9 Å². The summed E-state index contributed by atoms with van der Waals surface area (Å²) < 4.78 is 4.89. The highest BCUT2D eigenvalue weighted by Crippen LogP contribution is 2.38. The molecule has 0 bridgehead atoms. The normalized spacial score (nSPS) is 33.4. The van der Waals surface area contributed by atoms with E-state index in [1.165, 1.54) is 19.9 Å². The molecule has 3 rings (SSSR count). The van der Waals surface area contributed by atoms with E-state index < -0.39 is 12.0 Å². The maximum atomic E-state index is 12.7. The largest absolute Gasteiger partial charge is 0.449 e. The molecule has 0 radical (unpaired) electrons. The smallest absolute Gasteiger partial charge is 0.416 e. The first-order valence-electron chi connectivity index (χ1n) is 9.29. The van der Waals surface area contributed by atoms with Crippen molar-refractivity contribution in [2.24, 2.45) is 5.92 Å². The molecule has 2 saturated heterocycles. The Balaban J connectivity index is 1.55. The Morgan fingerprint density at radius 2 is 2.00 bits per heavy atom. The fraction of sp³-hybridized carbons (Fsp3) is 0.824. The number of carbonyl (C=O) groups excluding carboxylic acids is 3. The lowest BCUT2D eigenvalue weighted by Gasteiger charge is -2.24. The van der Waals surface area contributed by atoms with E-state index in [4.69, 9.17) is 4.74 Å². The lowest BCUT2D eigenvalue weighted by molar-refractivity contribution is -0.133. The number of ether oxygens (including phenoxy) is 1. The average Bonchev–Trinajstić information content (AvgIpc) is 3.27. The number of rotatable bonds is 4. The lowest BCUT2D eigenvalue weighted by atomic mass is 9.95. The molecule has 26 heavy (non-hydrogen) atoms. The van der Waals surface area contributed by atoms with Crippen molar-refractivity contribution in [1.82, 2.24) is 15.5 Å².